The van der Waals surface area contributed by atoms with E-state index in [4.69, 9.17) is 9.41 Å². The van der Waals surface area contributed by atoms with E-state index in [0.717, 1.165) is 18.6 Å². The first-order chi connectivity index (χ1) is 14.6. The molecule has 0 radical (unpaired) electrons. The van der Waals surface area contributed by atoms with Crippen LogP contribution >= 0.6 is 11.8 Å². The Hall–Kier alpha value is -3.40. The number of nitrogens with one attached hydrogen (secondary N) is 1. The number of hydrazone groups is 1. The van der Waals surface area contributed by atoms with Crippen LogP contribution in [0.2, 0.25) is 0 Å². The third kappa shape index (κ3) is 3.99. The minimum absolute atomic E-state index is 0.238. The van der Waals surface area contributed by atoms with Gasteiger partial charge in [-0.1, -0.05) is 43.3 Å². The van der Waals surface area contributed by atoms with Crippen LogP contribution in [0.1, 0.15) is 25.5 Å². The maximum atomic E-state index is 12.9. The van der Waals surface area contributed by atoms with Crippen LogP contribution in [-0.4, -0.2) is 32.9 Å². The number of hydrogen-bond donors (Lipinski definition) is 1. The Balaban J connectivity index is 1.71. The van der Waals surface area contributed by atoms with Crippen LogP contribution in [0.15, 0.2) is 57.0 Å². The van der Waals surface area contributed by atoms with Gasteiger partial charge in [0.25, 0.3) is 5.91 Å². The van der Waals surface area contributed by atoms with Gasteiger partial charge in [0.05, 0.1) is 11.4 Å². The second kappa shape index (κ2) is 8.54. The predicted molar refractivity (Wildman–Crippen MR) is 114 cm³/mol. The van der Waals surface area contributed by atoms with Gasteiger partial charge in [-0.3, -0.25) is 25.2 Å². The maximum absolute atomic E-state index is 12.9. The number of carbonyl (C=O) groups excluding carboxylic acids is 1. The van der Waals surface area contributed by atoms with Gasteiger partial charge in [0.15, 0.2) is 11.3 Å². The molecule has 1 amide bonds. The lowest BCUT2D eigenvalue weighted by molar-refractivity contribution is -0.402. The molecule has 1 atom stereocenters. The van der Waals surface area contributed by atoms with Gasteiger partial charge in [0, 0.05) is 11.0 Å². The molecule has 2 aliphatic rings. The monoisotopic (exact) mass is 425 g/mol. The summed E-state index contributed by atoms with van der Waals surface area (Å²) < 4.78 is 5.18. The van der Waals surface area contributed by atoms with Crippen molar-refractivity contribution in [3.63, 3.8) is 0 Å². The van der Waals surface area contributed by atoms with E-state index >= 15 is 0 Å². The molecule has 3 heterocycles. The predicted octanol–water partition coefficient (Wildman–Crippen LogP) is 2.20. The summed E-state index contributed by atoms with van der Waals surface area (Å²) in [5, 5.41) is 21.8. The molecule has 1 N–H and O–H groups in total. The molecular formula is C20H19N5O4S. The first-order valence-electron chi connectivity index (χ1n) is 9.48. The summed E-state index contributed by atoms with van der Waals surface area (Å²) in [6.07, 6.45) is 4.78. The largest absolute Gasteiger partial charge is 0.433 e. The van der Waals surface area contributed by atoms with Gasteiger partial charge in [-0.15, -0.1) is 5.10 Å². The number of thioether (sulfide) groups is 1. The van der Waals surface area contributed by atoms with E-state index in [1.54, 1.807) is 17.2 Å². The number of furan rings is 1. The third-order valence-corrected chi connectivity index (χ3v) is 5.46. The Kier molecular flexibility index (Phi) is 5.66. The van der Waals surface area contributed by atoms with Crippen LogP contribution < -0.4 is 15.9 Å². The molecule has 0 saturated heterocycles. The van der Waals surface area contributed by atoms with Crippen LogP contribution in [-0.2, 0) is 4.79 Å². The topological polar surface area (TPSA) is 113 Å². The van der Waals surface area contributed by atoms with Crippen molar-refractivity contribution in [3.05, 3.63) is 68.9 Å². The Morgan fingerprint density at radius 3 is 2.93 bits per heavy atom. The van der Waals surface area contributed by atoms with E-state index < -0.39 is 11.1 Å². The average molecular weight is 425 g/mol. The zero-order valence-corrected chi connectivity index (χ0v) is 17.0. The SMILES string of the molecule is CCCCSC1=NN2C(=c3ccccc3=NC2/C=C/c2ccc([N+](=O)[O-])o2)C(=O)N1. The highest BCUT2D eigenvalue weighted by atomic mass is 32.2. The average Bonchev–Trinajstić information content (AvgIpc) is 3.21. The number of amidine groups is 1. The number of carbonyl (C=O) groups is 1. The van der Waals surface area contributed by atoms with Crippen LogP contribution in [0, 0.1) is 10.1 Å². The van der Waals surface area contributed by atoms with Crippen molar-refractivity contribution < 1.29 is 14.1 Å². The van der Waals surface area contributed by atoms with E-state index in [1.165, 1.54) is 23.9 Å². The second-order valence-corrected chi connectivity index (χ2v) is 7.69. The molecular weight excluding hydrogens is 406 g/mol. The number of nitrogens with zero attached hydrogens (tertiary/aromatic N) is 4. The van der Waals surface area contributed by atoms with Gasteiger partial charge in [0.2, 0.25) is 0 Å². The first-order valence-corrected chi connectivity index (χ1v) is 10.5. The summed E-state index contributed by atoms with van der Waals surface area (Å²) in [4.78, 5) is 27.8. The van der Waals surface area contributed by atoms with Gasteiger partial charge in [-0.25, -0.2) is 5.01 Å². The molecule has 0 bridgehead atoms. The number of para-hydroxylation sites is 1. The van der Waals surface area contributed by atoms with Gasteiger partial charge in [-0.2, -0.15) is 0 Å². The standard InChI is InChI=1S/C20H19N5O4S/c1-2-3-12-30-20-22-19(26)18-14-6-4-5-7-15(14)21-16(24(18)23-20)10-8-13-9-11-17(29-13)25(27)28/h4-11,16H,2-3,12H2,1H3,(H,22,23,26)/b10-8+. The van der Waals surface area contributed by atoms with Crippen molar-refractivity contribution in [1.29, 1.82) is 0 Å². The normalized spacial score (nSPS) is 17.8. The fourth-order valence-corrected chi connectivity index (χ4v) is 4.00. The molecule has 2 aromatic rings. The summed E-state index contributed by atoms with van der Waals surface area (Å²) in [7, 11) is 0. The Morgan fingerprint density at radius 1 is 1.33 bits per heavy atom. The molecule has 0 saturated carbocycles. The molecule has 0 spiro atoms. The molecule has 154 valence electrons. The maximum Gasteiger partial charge on any atom is 0.433 e. The number of nitro groups is 1. The Labute approximate surface area is 176 Å². The van der Waals surface area contributed by atoms with Crippen molar-refractivity contribution in [2.75, 3.05) is 5.75 Å². The molecule has 4 rings (SSSR count). The molecule has 10 heteroatoms. The van der Waals surface area contributed by atoms with E-state index in [9.17, 15) is 14.9 Å². The molecule has 9 nitrogen and oxygen atoms in total. The quantitative estimate of drug-likeness (QED) is 0.431. The first kappa shape index (κ1) is 19.9. The number of amides is 1. The summed E-state index contributed by atoms with van der Waals surface area (Å²) in [6.45, 7) is 2.11. The van der Waals surface area contributed by atoms with Gasteiger partial charge in [0.1, 0.15) is 16.4 Å². The van der Waals surface area contributed by atoms with Crippen molar-refractivity contribution >= 4 is 40.5 Å². The van der Waals surface area contributed by atoms with E-state index in [1.807, 2.05) is 24.3 Å². The lowest BCUT2D eigenvalue weighted by atomic mass is 10.1. The molecule has 0 aliphatic carbocycles. The Morgan fingerprint density at radius 2 is 2.17 bits per heavy atom. The van der Waals surface area contributed by atoms with Gasteiger partial charge >= 0.3 is 5.88 Å². The Bertz CT molecular complexity index is 1170. The molecule has 30 heavy (non-hydrogen) atoms. The highest BCUT2D eigenvalue weighted by molar-refractivity contribution is 8.13. The fourth-order valence-electron chi connectivity index (χ4n) is 3.07. The molecule has 2 aliphatic heterocycles. The van der Waals surface area contributed by atoms with Gasteiger partial charge in [-0.05, 0) is 30.7 Å². The molecule has 1 unspecified atom stereocenters. The van der Waals surface area contributed by atoms with Crippen molar-refractivity contribution in [2.45, 2.75) is 25.9 Å². The van der Waals surface area contributed by atoms with Gasteiger partial charge < -0.3 is 4.42 Å². The second-order valence-electron chi connectivity index (χ2n) is 6.61. The number of hydrogen-bond acceptors (Lipinski definition) is 8. The summed E-state index contributed by atoms with van der Waals surface area (Å²) in [6, 6.07) is 10.2. The van der Waals surface area contributed by atoms with Crippen LogP contribution in [0.4, 0.5) is 5.88 Å². The van der Waals surface area contributed by atoms with Crippen LogP contribution in [0.5, 0.6) is 0 Å². The number of unbranched alkanes of at least 4 members (excludes halogenated alkanes) is 1. The van der Waals surface area contributed by atoms with Crippen molar-refractivity contribution in [1.82, 2.24) is 10.3 Å². The van der Waals surface area contributed by atoms with Crippen LogP contribution in [0.25, 0.3) is 11.8 Å². The van der Waals surface area contributed by atoms with E-state index in [-0.39, 0.29) is 11.8 Å². The molecule has 1 aromatic heterocycles. The summed E-state index contributed by atoms with van der Waals surface area (Å²) in [5.41, 5.74) is 0.417. The fraction of sp³-hybridized carbons (Fsp3) is 0.250. The smallest absolute Gasteiger partial charge is 0.401 e. The minimum Gasteiger partial charge on any atom is -0.401 e. The zero-order valence-electron chi connectivity index (χ0n) is 16.1. The third-order valence-electron chi connectivity index (χ3n) is 4.51. The van der Waals surface area contributed by atoms with Crippen molar-refractivity contribution in [2.24, 2.45) is 10.1 Å². The highest BCUT2D eigenvalue weighted by Gasteiger charge is 2.32. The zero-order chi connectivity index (χ0) is 21.1. The lowest BCUT2D eigenvalue weighted by Crippen LogP contribution is -2.52. The number of fused-ring (bicyclic) bond motifs is 2. The number of rotatable bonds is 6. The highest BCUT2D eigenvalue weighted by Crippen LogP contribution is 2.23. The van der Waals surface area contributed by atoms with Crippen molar-refractivity contribution in [3.8, 4) is 0 Å². The number of benzene rings is 1. The minimum atomic E-state index is -0.594. The van der Waals surface area contributed by atoms with E-state index in [0.29, 0.717) is 27.2 Å². The van der Waals surface area contributed by atoms with Crippen LogP contribution in [0.3, 0.4) is 0 Å². The molecule has 1 aromatic carbocycles. The summed E-state index contributed by atoms with van der Waals surface area (Å²) >= 11 is 1.49. The molecule has 0 fully saturated rings. The summed E-state index contributed by atoms with van der Waals surface area (Å²) in [5.74, 6) is 0.597. The van der Waals surface area contributed by atoms with E-state index in [2.05, 4.69) is 17.3 Å². The lowest BCUT2D eigenvalue weighted by Gasteiger charge is -2.32.